The minimum Gasteiger partial charge on any atom is -0.495 e. The highest BCUT2D eigenvalue weighted by molar-refractivity contribution is 5.84. The van der Waals surface area contributed by atoms with Crippen LogP contribution in [-0.4, -0.2) is 28.8 Å². The molecule has 0 saturated heterocycles. The molecule has 0 spiro atoms. The second kappa shape index (κ2) is 9.26. The maximum atomic E-state index is 12.0. The molecule has 0 aliphatic heterocycles. The Morgan fingerprint density at radius 1 is 1.16 bits per heavy atom. The molecule has 7 nitrogen and oxygen atoms in total. The van der Waals surface area contributed by atoms with Crippen LogP contribution in [-0.2, 0) is 11.2 Å². The average molecular weight is 416 g/mol. The summed E-state index contributed by atoms with van der Waals surface area (Å²) < 4.78 is 10.5. The number of amides is 1. The van der Waals surface area contributed by atoms with Crippen molar-refractivity contribution < 1.29 is 14.3 Å². The molecule has 0 atom stereocenters. The minimum atomic E-state index is -0.567. The summed E-state index contributed by atoms with van der Waals surface area (Å²) in [7, 11) is 1.53. The van der Waals surface area contributed by atoms with Crippen LogP contribution in [0.3, 0.4) is 0 Å². The summed E-state index contributed by atoms with van der Waals surface area (Å²) in [6.45, 7) is 5.45. The van der Waals surface area contributed by atoms with Gasteiger partial charge < -0.3 is 9.47 Å². The van der Waals surface area contributed by atoms with Crippen molar-refractivity contribution in [3.05, 3.63) is 71.7 Å². The zero-order valence-corrected chi connectivity index (χ0v) is 18.0. The van der Waals surface area contributed by atoms with Crippen molar-refractivity contribution in [1.82, 2.24) is 9.97 Å². The topological polar surface area (TPSA) is 97.1 Å². The standard InChI is InChI=1S/C24H24N4O3/c1-24(2,3)31-23(29)27-19-7-5-6-16(12-19)13-22-26-11-10-20(28-22)17-8-9-21(30-4)18(14-17)15-25/h5-12,14H,13H2,1-4H3,(H,27,29). The number of carbonyl (C=O) groups excluding carboxylic acids is 1. The molecular weight excluding hydrogens is 392 g/mol. The Labute approximate surface area is 181 Å². The van der Waals surface area contributed by atoms with Crippen molar-refractivity contribution in [2.45, 2.75) is 32.8 Å². The highest BCUT2D eigenvalue weighted by Crippen LogP contribution is 2.25. The largest absolute Gasteiger partial charge is 0.495 e. The predicted octanol–water partition coefficient (Wildman–Crippen LogP) is 4.96. The smallest absolute Gasteiger partial charge is 0.412 e. The van der Waals surface area contributed by atoms with Gasteiger partial charge in [0.25, 0.3) is 0 Å². The molecule has 3 rings (SSSR count). The fourth-order valence-corrected chi connectivity index (χ4v) is 2.96. The highest BCUT2D eigenvalue weighted by Gasteiger charge is 2.16. The van der Waals surface area contributed by atoms with Crippen molar-refractivity contribution >= 4 is 11.8 Å². The Hall–Kier alpha value is -3.92. The molecule has 0 bridgehead atoms. The number of methoxy groups -OCH3 is 1. The van der Waals surface area contributed by atoms with Gasteiger partial charge in [0.2, 0.25) is 0 Å². The van der Waals surface area contributed by atoms with E-state index in [1.54, 1.807) is 30.5 Å². The van der Waals surface area contributed by atoms with Gasteiger partial charge in [-0.1, -0.05) is 12.1 Å². The van der Waals surface area contributed by atoms with Crippen molar-refractivity contribution in [3.63, 3.8) is 0 Å². The molecule has 2 aromatic carbocycles. The van der Waals surface area contributed by atoms with Crippen LogP contribution in [0.25, 0.3) is 11.3 Å². The Morgan fingerprint density at radius 3 is 2.68 bits per heavy atom. The van der Waals surface area contributed by atoms with E-state index in [-0.39, 0.29) is 0 Å². The summed E-state index contributed by atoms with van der Waals surface area (Å²) >= 11 is 0. The van der Waals surface area contributed by atoms with Crippen LogP contribution < -0.4 is 10.1 Å². The van der Waals surface area contributed by atoms with Gasteiger partial charge in [0.15, 0.2) is 0 Å². The molecule has 1 heterocycles. The average Bonchev–Trinajstić information content (AvgIpc) is 2.72. The van der Waals surface area contributed by atoms with Crippen LogP contribution in [0.2, 0.25) is 0 Å². The van der Waals surface area contributed by atoms with E-state index >= 15 is 0 Å². The van der Waals surface area contributed by atoms with Gasteiger partial charge in [0, 0.05) is 23.9 Å². The van der Waals surface area contributed by atoms with Crippen molar-refractivity contribution in [2.24, 2.45) is 0 Å². The van der Waals surface area contributed by atoms with E-state index < -0.39 is 11.7 Å². The number of hydrogen-bond donors (Lipinski definition) is 1. The number of anilines is 1. The number of rotatable bonds is 5. The van der Waals surface area contributed by atoms with Gasteiger partial charge in [-0.15, -0.1) is 0 Å². The normalized spacial score (nSPS) is 10.8. The summed E-state index contributed by atoms with van der Waals surface area (Å²) in [5, 5.41) is 12.1. The first-order valence-electron chi connectivity index (χ1n) is 9.77. The first-order chi connectivity index (χ1) is 14.8. The second-order valence-electron chi connectivity index (χ2n) is 7.89. The SMILES string of the molecule is COc1ccc(-c2ccnc(Cc3cccc(NC(=O)OC(C)(C)C)c3)n2)cc1C#N. The Morgan fingerprint density at radius 2 is 1.97 bits per heavy atom. The van der Waals surface area contributed by atoms with Gasteiger partial charge in [-0.25, -0.2) is 14.8 Å². The van der Waals surface area contributed by atoms with Crippen molar-refractivity contribution in [1.29, 1.82) is 5.26 Å². The number of nitriles is 1. The molecule has 0 aliphatic carbocycles. The molecule has 0 unspecified atom stereocenters. The van der Waals surface area contributed by atoms with Crippen LogP contribution in [0.5, 0.6) is 5.75 Å². The van der Waals surface area contributed by atoms with Gasteiger partial charge >= 0.3 is 6.09 Å². The Kier molecular flexibility index (Phi) is 6.51. The molecule has 3 aromatic rings. The van der Waals surface area contributed by atoms with Gasteiger partial charge in [-0.3, -0.25) is 5.32 Å². The lowest BCUT2D eigenvalue weighted by molar-refractivity contribution is 0.0636. The first kappa shape index (κ1) is 21.8. The van der Waals surface area contributed by atoms with Crippen LogP contribution in [0.15, 0.2) is 54.7 Å². The molecule has 1 aromatic heterocycles. The third-order valence-electron chi connectivity index (χ3n) is 4.26. The molecule has 1 N–H and O–H groups in total. The Bertz CT molecular complexity index is 1130. The summed E-state index contributed by atoms with van der Waals surface area (Å²) in [5.41, 5.74) is 2.98. The summed E-state index contributed by atoms with van der Waals surface area (Å²) in [6.07, 6.45) is 1.67. The first-order valence-corrected chi connectivity index (χ1v) is 9.77. The number of benzene rings is 2. The van der Waals surface area contributed by atoms with Crippen molar-refractivity contribution in [3.8, 4) is 23.1 Å². The van der Waals surface area contributed by atoms with Gasteiger partial charge in [0.1, 0.15) is 23.2 Å². The predicted molar refractivity (Wildman–Crippen MR) is 118 cm³/mol. The number of hydrogen-bond acceptors (Lipinski definition) is 6. The lowest BCUT2D eigenvalue weighted by Crippen LogP contribution is -2.27. The van der Waals surface area contributed by atoms with Crippen LogP contribution in [0.1, 0.15) is 37.7 Å². The molecule has 0 aliphatic rings. The van der Waals surface area contributed by atoms with E-state index in [0.717, 1.165) is 11.1 Å². The molecule has 0 saturated carbocycles. The van der Waals surface area contributed by atoms with E-state index in [1.807, 2.05) is 45.0 Å². The van der Waals surface area contributed by atoms with Crippen LogP contribution >= 0.6 is 0 Å². The number of carbonyl (C=O) groups is 1. The van der Waals surface area contributed by atoms with E-state index in [1.165, 1.54) is 7.11 Å². The number of nitrogens with zero attached hydrogens (tertiary/aromatic N) is 3. The maximum absolute atomic E-state index is 12.0. The Balaban J connectivity index is 1.77. The molecule has 158 valence electrons. The molecule has 7 heteroatoms. The van der Waals surface area contributed by atoms with Crippen LogP contribution in [0, 0.1) is 11.3 Å². The third kappa shape index (κ3) is 6.03. The van der Waals surface area contributed by atoms with Crippen LogP contribution in [0.4, 0.5) is 10.5 Å². The maximum Gasteiger partial charge on any atom is 0.412 e. The van der Waals surface area contributed by atoms with E-state index in [4.69, 9.17) is 9.47 Å². The van der Waals surface area contributed by atoms with E-state index in [2.05, 4.69) is 21.4 Å². The number of nitrogens with one attached hydrogen (secondary N) is 1. The lowest BCUT2D eigenvalue weighted by atomic mass is 10.1. The lowest BCUT2D eigenvalue weighted by Gasteiger charge is -2.19. The van der Waals surface area contributed by atoms with Gasteiger partial charge in [-0.2, -0.15) is 5.26 Å². The van der Waals surface area contributed by atoms with Crippen molar-refractivity contribution in [2.75, 3.05) is 12.4 Å². The summed E-state index contributed by atoms with van der Waals surface area (Å²) in [4.78, 5) is 21.0. The highest BCUT2D eigenvalue weighted by atomic mass is 16.6. The molecule has 0 fully saturated rings. The fourth-order valence-electron chi connectivity index (χ4n) is 2.96. The number of ether oxygens (including phenoxy) is 2. The molecule has 31 heavy (non-hydrogen) atoms. The quantitative estimate of drug-likeness (QED) is 0.631. The second-order valence-corrected chi connectivity index (χ2v) is 7.89. The minimum absolute atomic E-state index is 0.445. The number of aromatic nitrogens is 2. The zero-order chi connectivity index (χ0) is 22.4. The van der Waals surface area contributed by atoms with E-state index in [9.17, 15) is 10.1 Å². The molecule has 1 amide bonds. The summed E-state index contributed by atoms with van der Waals surface area (Å²) in [5.74, 6) is 1.15. The zero-order valence-electron chi connectivity index (χ0n) is 18.0. The molecule has 0 radical (unpaired) electrons. The fraction of sp³-hybridized carbons (Fsp3) is 0.250. The van der Waals surface area contributed by atoms with Gasteiger partial charge in [-0.05, 0) is 62.7 Å². The monoisotopic (exact) mass is 416 g/mol. The van der Waals surface area contributed by atoms with Gasteiger partial charge in [0.05, 0.1) is 18.4 Å². The molecular formula is C24H24N4O3. The van der Waals surface area contributed by atoms with E-state index in [0.29, 0.717) is 34.9 Å². The third-order valence-corrected chi connectivity index (χ3v) is 4.26. The summed E-state index contributed by atoms with van der Waals surface area (Å²) in [6, 6.07) is 16.7.